The van der Waals surface area contributed by atoms with Gasteiger partial charge in [0.2, 0.25) is 0 Å². The summed E-state index contributed by atoms with van der Waals surface area (Å²) in [5.41, 5.74) is 4.90. The molecule has 0 fully saturated rings. The van der Waals surface area contributed by atoms with E-state index in [0.717, 1.165) is 16.7 Å². The van der Waals surface area contributed by atoms with E-state index >= 15 is 0 Å². The van der Waals surface area contributed by atoms with Gasteiger partial charge in [0.25, 0.3) is 0 Å². The first-order valence-electron chi connectivity index (χ1n) is 7.73. The maximum Gasteiger partial charge on any atom is 0.159 e. The van der Waals surface area contributed by atoms with Crippen LogP contribution in [-0.2, 0) is 0 Å². The average molecular weight is 310 g/mol. The zero-order valence-electron chi connectivity index (χ0n) is 13.4. The van der Waals surface area contributed by atoms with Crippen LogP contribution in [0.3, 0.4) is 0 Å². The van der Waals surface area contributed by atoms with Gasteiger partial charge >= 0.3 is 0 Å². The average Bonchev–Trinajstić information content (AvgIpc) is 2.67. The number of nitrogens with zero attached hydrogens (tertiary/aromatic N) is 2. The fourth-order valence-corrected chi connectivity index (χ4v) is 2.46. The molecule has 0 bridgehead atoms. The molecule has 0 amide bonds. The highest BCUT2D eigenvalue weighted by molar-refractivity contribution is 6.04. The van der Waals surface area contributed by atoms with Gasteiger partial charge in [-0.15, -0.1) is 0 Å². The highest BCUT2D eigenvalue weighted by atomic mass is 14.9. The molecule has 3 aromatic rings. The Hall–Kier alpha value is -3.26. The van der Waals surface area contributed by atoms with E-state index in [0.29, 0.717) is 11.5 Å². The lowest BCUT2D eigenvalue weighted by molar-refractivity contribution is 1.46. The highest BCUT2D eigenvalue weighted by Gasteiger charge is 2.04. The molecule has 0 aliphatic carbocycles. The number of rotatable bonds is 4. The minimum atomic E-state index is 0.573. The lowest BCUT2D eigenvalue weighted by atomic mass is 10.0. The summed E-state index contributed by atoms with van der Waals surface area (Å²) in [5.74, 6) is 0.573. The van der Waals surface area contributed by atoms with E-state index in [-0.39, 0.29) is 0 Å². The minimum absolute atomic E-state index is 0.573. The lowest BCUT2D eigenvalue weighted by Gasteiger charge is -2.06. The van der Waals surface area contributed by atoms with Gasteiger partial charge in [-0.1, -0.05) is 91.5 Å². The molecule has 3 aromatic carbocycles. The van der Waals surface area contributed by atoms with E-state index in [4.69, 9.17) is 0 Å². The van der Waals surface area contributed by atoms with Crippen LogP contribution in [0.5, 0.6) is 0 Å². The Morgan fingerprint density at radius 3 is 1.75 bits per heavy atom. The molecule has 0 saturated carbocycles. The molecule has 116 valence electrons. The van der Waals surface area contributed by atoms with E-state index in [1.165, 1.54) is 5.56 Å². The molecule has 0 unspecified atom stereocenters. The zero-order valence-corrected chi connectivity index (χ0v) is 13.4. The van der Waals surface area contributed by atoms with Gasteiger partial charge in [-0.3, -0.25) is 0 Å². The van der Waals surface area contributed by atoms with Crippen molar-refractivity contribution in [1.82, 2.24) is 0 Å². The zero-order chi connectivity index (χ0) is 16.8. The quantitative estimate of drug-likeness (QED) is 0.451. The predicted molar refractivity (Wildman–Crippen MR) is 103 cm³/mol. The van der Waals surface area contributed by atoms with Crippen molar-refractivity contribution in [2.45, 2.75) is 0 Å². The molecule has 24 heavy (non-hydrogen) atoms. The third-order valence-electron chi connectivity index (χ3n) is 3.75. The first-order valence-corrected chi connectivity index (χ1v) is 7.73. The van der Waals surface area contributed by atoms with Crippen LogP contribution in [-0.4, -0.2) is 12.6 Å². The van der Waals surface area contributed by atoms with Crippen molar-refractivity contribution in [3.63, 3.8) is 0 Å². The van der Waals surface area contributed by atoms with Crippen LogP contribution in [0.2, 0.25) is 0 Å². The van der Waals surface area contributed by atoms with Gasteiger partial charge in [0.15, 0.2) is 5.84 Å². The number of aliphatic imine (C=N–C) groups is 2. The Morgan fingerprint density at radius 2 is 1.17 bits per heavy atom. The molecular weight excluding hydrogens is 292 g/mol. The van der Waals surface area contributed by atoms with Crippen LogP contribution in [0.4, 0.5) is 0 Å². The van der Waals surface area contributed by atoms with Gasteiger partial charge in [0, 0.05) is 5.56 Å². The molecule has 2 heteroatoms. The van der Waals surface area contributed by atoms with Crippen molar-refractivity contribution in [2.24, 2.45) is 9.98 Å². The van der Waals surface area contributed by atoms with Crippen molar-refractivity contribution in [2.75, 3.05) is 0 Å². The topological polar surface area (TPSA) is 24.7 Å². The van der Waals surface area contributed by atoms with Gasteiger partial charge in [-0.05, 0) is 23.4 Å². The van der Waals surface area contributed by atoms with Gasteiger partial charge < -0.3 is 0 Å². The van der Waals surface area contributed by atoms with E-state index in [9.17, 15) is 0 Å². The molecule has 2 nitrogen and oxygen atoms in total. The number of amidine groups is 1. The summed E-state index contributed by atoms with van der Waals surface area (Å²) in [5, 5.41) is 0. The summed E-state index contributed by atoms with van der Waals surface area (Å²) < 4.78 is 0. The minimum Gasteiger partial charge on any atom is -0.245 e. The second-order valence-electron chi connectivity index (χ2n) is 5.35. The van der Waals surface area contributed by atoms with Crippen LogP contribution in [0.1, 0.15) is 11.1 Å². The van der Waals surface area contributed by atoms with Crippen molar-refractivity contribution < 1.29 is 0 Å². The monoisotopic (exact) mass is 310 g/mol. The van der Waals surface area contributed by atoms with Crippen molar-refractivity contribution in [3.05, 3.63) is 103 Å². The Morgan fingerprint density at radius 1 is 0.625 bits per heavy atom. The standard InChI is InChI=1S/C22H18N2/c1-17(18-9-5-3-6-10-18)24-22(23-2)21-15-13-20(14-16-21)19-11-7-4-8-12-19/h3-16H,1-2H2/b24-22-. The molecule has 0 aromatic heterocycles. The van der Waals surface area contributed by atoms with Crippen LogP contribution in [0.15, 0.2) is 101 Å². The van der Waals surface area contributed by atoms with Gasteiger partial charge in [-0.25, -0.2) is 9.98 Å². The smallest absolute Gasteiger partial charge is 0.159 e. The summed E-state index contributed by atoms with van der Waals surface area (Å²) in [6, 6.07) is 28.3. The molecule has 0 aliphatic heterocycles. The fourth-order valence-electron chi connectivity index (χ4n) is 2.46. The number of hydrogen-bond acceptors (Lipinski definition) is 1. The van der Waals surface area contributed by atoms with Gasteiger partial charge in [0.05, 0.1) is 5.70 Å². The first kappa shape index (κ1) is 15.6. The molecule has 0 saturated heterocycles. The fraction of sp³-hybridized carbons (Fsp3) is 0. The Bertz CT molecular complexity index is 861. The Balaban J connectivity index is 1.87. The maximum absolute atomic E-state index is 4.53. The van der Waals surface area contributed by atoms with E-state index in [2.05, 4.69) is 47.5 Å². The van der Waals surface area contributed by atoms with Crippen LogP contribution < -0.4 is 0 Å². The van der Waals surface area contributed by atoms with Crippen LogP contribution in [0.25, 0.3) is 16.8 Å². The normalized spacial score (nSPS) is 11.1. The van der Waals surface area contributed by atoms with E-state index in [1.54, 1.807) is 0 Å². The largest absolute Gasteiger partial charge is 0.245 e. The van der Waals surface area contributed by atoms with Crippen molar-refractivity contribution in [3.8, 4) is 11.1 Å². The van der Waals surface area contributed by atoms with Gasteiger partial charge in [-0.2, -0.15) is 0 Å². The molecule has 0 atom stereocenters. The van der Waals surface area contributed by atoms with Crippen LogP contribution >= 0.6 is 0 Å². The summed E-state index contributed by atoms with van der Waals surface area (Å²) in [4.78, 5) is 8.60. The molecular formula is C22H18N2. The van der Waals surface area contributed by atoms with Crippen molar-refractivity contribution in [1.29, 1.82) is 0 Å². The molecule has 0 aliphatic rings. The molecule has 3 rings (SSSR count). The number of benzene rings is 3. The SMILES string of the molecule is C=N/C(=N\C(=C)c1ccccc1)c1ccc(-c2ccccc2)cc1. The molecule has 0 heterocycles. The first-order chi connectivity index (χ1) is 11.8. The van der Waals surface area contributed by atoms with Crippen molar-refractivity contribution >= 4 is 18.3 Å². The Labute approximate surface area is 142 Å². The van der Waals surface area contributed by atoms with E-state index in [1.807, 2.05) is 60.7 Å². The lowest BCUT2D eigenvalue weighted by Crippen LogP contribution is -1.97. The highest BCUT2D eigenvalue weighted by Crippen LogP contribution is 2.21. The summed E-state index contributed by atoms with van der Waals surface area (Å²) in [6.45, 7) is 7.67. The third-order valence-corrected chi connectivity index (χ3v) is 3.75. The Kier molecular flexibility index (Phi) is 4.78. The molecule has 0 N–H and O–H groups in total. The summed E-state index contributed by atoms with van der Waals surface area (Å²) in [7, 11) is 0. The number of hydrogen-bond donors (Lipinski definition) is 0. The predicted octanol–water partition coefficient (Wildman–Crippen LogP) is 5.47. The summed E-state index contributed by atoms with van der Waals surface area (Å²) >= 11 is 0. The second-order valence-corrected chi connectivity index (χ2v) is 5.35. The second kappa shape index (κ2) is 7.34. The van der Waals surface area contributed by atoms with Gasteiger partial charge in [0.1, 0.15) is 0 Å². The van der Waals surface area contributed by atoms with Crippen LogP contribution in [0, 0.1) is 0 Å². The maximum atomic E-state index is 4.53. The third kappa shape index (κ3) is 3.55. The summed E-state index contributed by atoms with van der Waals surface area (Å²) in [6.07, 6.45) is 0. The molecule has 0 spiro atoms. The van der Waals surface area contributed by atoms with E-state index < -0.39 is 0 Å². The molecule has 0 radical (unpaired) electrons.